The summed E-state index contributed by atoms with van der Waals surface area (Å²) in [5.41, 5.74) is 2.25. The van der Waals surface area contributed by atoms with Gasteiger partial charge >= 0.3 is 0 Å². The number of nitrogens with one attached hydrogen (secondary N) is 2. The molecule has 2 aromatic carbocycles. The van der Waals surface area contributed by atoms with Crippen molar-refractivity contribution >= 4 is 15.9 Å². The van der Waals surface area contributed by atoms with Crippen molar-refractivity contribution < 1.29 is 17.9 Å². The molecule has 0 aliphatic heterocycles. The second-order valence-electron chi connectivity index (χ2n) is 5.90. The van der Waals surface area contributed by atoms with E-state index in [4.69, 9.17) is 4.74 Å². The van der Waals surface area contributed by atoms with Crippen LogP contribution in [-0.4, -0.2) is 28.5 Å². The van der Waals surface area contributed by atoms with Crippen molar-refractivity contribution in [3.05, 3.63) is 59.2 Å². The van der Waals surface area contributed by atoms with E-state index < -0.39 is 10.0 Å². The van der Waals surface area contributed by atoms with Crippen LogP contribution in [0.2, 0.25) is 0 Å². The molecule has 0 aliphatic carbocycles. The molecule has 1 amide bonds. The predicted molar refractivity (Wildman–Crippen MR) is 101 cm³/mol. The molecule has 0 fully saturated rings. The zero-order chi connectivity index (χ0) is 19.3. The quantitative estimate of drug-likeness (QED) is 0.778. The van der Waals surface area contributed by atoms with E-state index in [2.05, 4.69) is 10.0 Å². The van der Waals surface area contributed by atoms with Crippen molar-refractivity contribution in [3.8, 4) is 5.75 Å². The fourth-order valence-electron chi connectivity index (χ4n) is 2.70. The van der Waals surface area contributed by atoms with Crippen molar-refractivity contribution in [2.45, 2.75) is 31.2 Å². The van der Waals surface area contributed by atoms with Gasteiger partial charge in [-0.15, -0.1) is 0 Å². The number of carbonyl (C=O) groups is 1. The summed E-state index contributed by atoms with van der Waals surface area (Å²) in [6.45, 7) is 3.93. The molecule has 0 saturated carbocycles. The molecule has 0 saturated heterocycles. The van der Waals surface area contributed by atoms with E-state index in [1.807, 2.05) is 32.0 Å². The summed E-state index contributed by atoms with van der Waals surface area (Å²) >= 11 is 0. The predicted octanol–water partition coefficient (Wildman–Crippen LogP) is 2.79. The Balaban J connectivity index is 2.25. The Morgan fingerprint density at radius 1 is 1.19 bits per heavy atom. The van der Waals surface area contributed by atoms with Crippen LogP contribution in [0.15, 0.2) is 47.4 Å². The molecule has 2 rings (SSSR count). The molecule has 1 atom stereocenters. The molecule has 0 heterocycles. The molecule has 0 bridgehead atoms. The first-order valence-electron chi connectivity index (χ1n) is 8.31. The summed E-state index contributed by atoms with van der Waals surface area (Å²) in [7, 11) is -0.645. The number of aryl methyl sites for hydroxylation is 1. The van der Waals surface area contributed by atoms with Gasteiger partial charge in [-0.25, -0.2) is 13.1 Å². The molecular formula is C19H24N2O4S. The number of methoxy groups -OCH3 is 1. The van der Waals surface area contributed by atoms with E-state index in [1.165, 1.54) is 19.2 Å². The highest BCUT2D eigenvalue weighted by Gasteiger charge is 2.18. The van der Waals surface area contributed by atoms with Gasteiger partial charge in [0, 0.05) is 5.56 Å². The molecule has 140 valence electrons. The van der Waals surface area contributed by atoms with Crippen molar-refractivity contribution in [1.29, 1.82) is 0 Å². The first kappa shape index (κ1) is 19.9. The maximum Gasteiger partial charge on any atom is 0.251 e. The van der Waals surface area contributed by atoms with Crippen LogP contribution in [0.4, 0.5) is 0 Å². The van der Waals surface area contributed by atoms with E-state index >= 15 is 0 Å². The number of benzene rings is 2. The van der Waals surface area contributed by atoms with E-state index in [9.17, 15) is 13.2 Å². The number of hydrogen-bond acceptors (Lipinski definition) is 4. The molecular weight excluding hydrogens is 352 g/mol. The molecule has 7 heteroatoms. The Kier molecular flexibility index (Phi) is 6.39. The number of amides is 1. The molecule has 2 aromatic rings. The lowest BCUT2D eigenvalue weighted by molar-refractivity contribution is 0.0935. The number of ether oxygens (including phenoxy) is 1. The van der Waals surface area contributed by atoms with Gasteiger partial charge in [-0.2, -0.15) is 0 Å². The number of sulfonamides is 1. The summed E-state index contributed by atoms with van der Waals surface area (Å²) in [6.07, 6.45) is 0.700. The zero-order valence-corrected chi connectivity index (χ0v) is 16.2. The zero-order valence-electron chi connectivity index (χ0n) is 15.4. The van der Waals surface area contributed by atoms with Crippen LogP contribution in [0.25, 0.3) is 0 Å². The smallest absolute Gasteiger partial charge is 0.251 e. The van der Waals surface area contributed by atoms with Crippen LogP contribution in [0, 0.1) is 6.92 Å². The second-order valence-corrected chi connectivity index (χ2v) is 7.79. The van der Waals surface area contributed by atoms with Crippen LogP contribution in [0.5, 0.6) is 5.75 Å². The van der Waals surface area contributed by atoms with Crippen molar-refractivity contribution in [3.63, 3.8) is 0 Å². The molecule has 0 aromatic heterocycles. The van der Waals surface area contributed by atoms with E-state index in [0.29, 0.717) is 12.0 Å². The van der Waals surface area contributed by atoms with Gasteiger partial charge in [0.25, 0.3) is 5.91 Å². The fourth-order valence-corrected chi connectivity index (χ4v) is 3.48. The lowest BCUT2D eigenvalue weighted by Crippen LogP contribution is -2.28. The third kappa shape index (κ3) is 4.42. The minimum absolute atomic E-state index is 0.0565. The summed E-state index contributed by atoms with van der Waals surface area (Å²) in [6, 6.07) is 11.6. The summed E-state index contributed by atoms with van der Waals surface area (Å²) < 4.78 is 31.4. The first-order chi connectivity index (χ1) is 12.3. The van der Waals surface area contributed by atoms with Crippen LogP contribution in [0.3, 0.4) is 0 Å². The van der Waals surface area contributed by atoms with Gasteiger partial charge in [0.1, 0.15) is 5.75 Å². The lowest BCUT2D eigenvalue weighted by Gasteiger charge is -2.19. The summed E-state index contributed by atoms with van der Waals surface area (Å²) in [5, 5.41) is 2.97. The maximum absolute atomic E-state index is 12.6. The Labute approximate surface area is 154 Å². The van der Waals surface area contributed by atoms with Crippen LogP contribution < -0.4 is 14.8 Å². The average Bonchev–Trinajstić information content (AvgIpc) is 2.65. The maximum atomic E-state index is 12.6. The first-order valence-corrected chi connectivity index (χ1v) is 9.79. The SMILES string of the molecule is CCC(NC(=O)c1cccc(S(=O)(=O)NC)c1)c1ccc(OC)c(C)c1. The van der Waals surface area contributed by atoms with Crippen molar-refractivity contribution in [2.24, 2.45) is 0 Å². The second kappa shape index (κ2) is 8.33. The van der Waals surface area contributed by atoms with Crippen LogP contribution in [-0.2, 0) is 10.0 Å². The molecule has 0 spiro atoms. The average molecular weight is 376 g/mol. The monoisotopic (exact) mass is 376 g/mol. The highest BCUT2D eigenvalue weighted by molar-refractivity contribution is 7.89. The fraction of sp³-hybridized carbons (Fsp3) is 0.316. The Bertz CT molecular complexity index is 894. The van der Waals surface area contributed by atoms with Gasteiger partial charge < -0.3 is 10.1 Å². The van der Waals surface area contributed by atoms with E-state index in [-0.39, 0.29) is 16.8 Å². The third-order valence-electron chi connectivity index (χ3n) is 4.21. The van der Waals surface area contributed by atoms with Crippen molar-refractivity contribution in [1.82, 2.24) is 10.0 Å². The minimum atomic E-state index is -3.60. The van der Waals surface area contributed by atoms with Gasteiger partial charge in [0.05, 0.1) is 18.0 Å². The van der Waals surface area contributed by atoms with Gasteiger partial charge in [-0.1, -0.05) is 25.1 Å². The lowest BCUT2D eigenvalue weighted by atomic mass is 10.0. The largest absolute Gasteiger partial charge is 0.496 e. The van der Waals surface area contributed by atoms with Gasteiger partial charge in [-0.3, -0.25) is 4.79 Å². The summed E-state index contributed by atoms with van der Waals surface area (Å²) in [5.74, 6) is 0.471. The number of rotatable bonds is 7. The Morgan fingerprint density at radius 2 is 1.92 bits per heavy atom. The number of carbonyl (C=O) groups excluding carboxylic acids is 1. The standard InChI is InChI=1S/C19H24N2O4S/c1-5-17(14-9-10-18(25-4)13(2)11-14)21-19(22)15-7-6-8-16(12-15)26(23,24)20-3/h6-12,17,20H,5H2,1-4H3,(H,21,22). The minimum Gasteiger partial charge on any atom is -0.496 e. The molecule has 0 radical (unpaired) electrons. The highest BCUT2D eigenvalue weighted by atomic mass is 32.2. The number of hydrogen-bond donors (Lipinski definition) is 2. The van der Waals surface area contributed by atoms with Crippen LogP contribution in [0.1, 0.15) is 40.9 Å². The Hall–Kier alpha value is -2.38. The third-order valence-corrected chi connectivity index (χ3v) is 5.62. The van der Waals surface area contributed by atoms with E-state index in [0.717, 1.165) is 16.9 Å². The Morgan fingerprint density at radius 3 is 2.50 bits per heavy atom. The van der Waals surface area contributed by atoms with Gasteiger partial charge in [0.15, 0.2) is 0 Å². The van der Waals surface area contributed by atoms with Crippen LogP contribution >= 0.6 is 0 Å². The van der Waals surface area contributed by atoms with Crippen molar-refractivity contribution in [2.75, 3.05) is 14.2 Å². The molecule has 26 heavy (non-hydrogen) atoms. The topological polar surface area (TPSA) is 84.5 Å². The van der Waals surface area contributed by atoms with Gasteiger partial charge in [-0.05, 0) is 55.8 Å². The highest BCUT2D eigenvalue weighted by Crippen LogP contribution is 2.24. The summed E-state index contributed by atoms with van der Waals surface area (Å²) in [4.78, 5) is 12.7. The van der Waals surface area contributed by atoms with E-state index in [1.54, 1.807) is 19.2 Å². The molecule has 0 aliphatic rings. The molecule has 1 unspecified atom stereocenters. The van der Waals surface area contributed by atoms with Gasteiger partial charge in [0.2, 0.25) is 10.0 Å². The normalized spacial score (nSPS) is 12.5. The molecule has 6 nitrogen and oxygen atoms in total. The molecule has 2 N–H and O–H groups in total.